The molecule has 0 saturated carbocycles. The molecule has 3 heterocycles. The van der Waals surface area contributed by atoms with Crippen molar-refractivity contribution in [3.8, 4) is 0 Å². The number of H-pyrrole nitrogens is 1. The first-order chi connectivity index (χ1) is 10.8. The molecule has 4 rings (SSSR count). The van der Waals surface area contributed by atoms with Crippen LogP contribution in [0.4, 0.5) is 0 Å². The molecule has 2 aliphatic heterocycles. The Balaban J connectivity index is 1.99. The Morgan fingerprint density at radius 1 is 1.13 bits per heavy atom. The summed E-state index contributed by atoms with van der Waals surface area (Å²) >= 11 is 2.16. The van der Waals surface area contributed by atoms with Crippen LogP contribution in [0.5, 0.6) is 0 Å². The van der Waals surface area contributed by atoms with Gasteiger partial charge in [0.15, 0.2) is 0 Å². The van der Waals surface area contributed by atoms with Crippen molar-refractivity contribution >= 4 is 57.6 Å². The van der Waals surface area contributed by atoms with E-state index >= 15 is 0 Å². The molecule has 0 aliphatic carbocycles. The number of benzene rings is 1. The molecule has 0 spiro atoms. The Hall–Kier alpha value is -1.88. The number of aromatic amines is 1. The molecule has 2 fully saturated rings. The zero-order valence-electron chi connectivity index (χ0n) is 12.2. The number of hydrogen-bond acceptors (Lipinski definition) is 5. The predicted octanol–water partition coefficient (Wildman–Crippen LogP) is -0.161. The summed E-state index contributed by atoms with van der Waals surface area (Å²) in [5.74, 6) is -0.882. The first kappa shape index (κ1) is 14.7. The van der Waals surface area contributed by atoms with Crippen molar-refractivity contribution in [3.05, 3.63) is 38.2 Å². The highest BCUT2D eigenvalue weighted by Crippen LogP contribution is 2.33. The lowest BCUT2D eigenvalue weighted by Gasteiger charge is -2.39. The Morgan fingerprint density at radius 2 is 1.78 bits per heavy atom. The summed E-state index contributed by atoms with van der Waals surface area (Å²) in [6, 6.07) is 7.16. The van der Waals surface area contributed by atoms with Gasteiger partial charge in [0.25, 0.3) is 5.56 Å². The molecule has 9 heteroatoms. The first-order valence-corrected chi connectivity index (χ1v) is 8.16. The summed E-state index contributed by atoms with van der Waals surface area (Å²) in [6.07, 6.45) is 0. The Kier molecular flexibility index (Phi) is 2.92. The summed E-state index contributed by atoms with van der Waals surface area (Å²) in [7, 11) is 1.73. The van der Waals surface area contributed by atoms with Gasteiger partial charge in [0.2, 0.25) is 0 Å². The van der Waals surface area contributed by atoms with Crippen molar-refractivity contribution in [1.82, 2.24) is 4.98 Å². The van der Waals surface area contributed by atoms with Gasteiger partial charge in [-0.2, -0.15) is 0 Å². The summed E-state index contributed by atoms with van der Waals surface area (Å²) in [6.45, 7) is -2.34. The molecule has 0 radical (unpaired) electrons. The molecule has 1 N–H and O–H groups in total. The maximum absolute atomic E-state index is 12.4. The van der Waals surface area contributed by atoms with Crippen molar-refractivity contribution in [3.63, 3.8) is 0 Å². The van der Waals surface area contributed by atoms with Gasteiger partial charge in [0.05, 0.1) is 0 Å². The minimum absolute atomic E-state index is 0.00301. The molecule has 0 unspecified atom stereocenters. The van der Waals surface area contributed by atoms with Crippen LogP contribution in [0.1, 0.15) is 0 Å². The monoisotopic (exact) mass is 426 g/mol. The van der Waals surface area contributed by atoms with Crippen LogP contribution in [-0.4, -0.2) is 48.1 Å². The van der Waals surface area contributed by atoms with Gasteiger partial charge in [-0.1, -0.05) is 6.07 Å². The van der Waals surface area contributed by atoms with Gasteiger partial charge >= 0.3 is 18.6 Å². The van der Waals surface area contributed by atoms with Gasteiger partial charge in [-0.25, -0.2) is 0 Å². The van der Waals surface area contributed by atoms with Crippen molar-refractivity contribution in [1.29, 1.82) is 0 Å². The van der Waals surface area contributed by atoms with E-state index < -0.39 is 18.6 Å². The van der Waals surface area contributed by atoms with Crippen molar-refractivity contribution in [2.75, 3.05) is 20.1 Å². The normalized spacial score (nSPS) is 29.5. The molecule has 0 bridgehead atoms. The van der Waals surface area contributed by atoms with Crippen molar-refractivity contribution < 1.29 is 23.3 Å². The fourth-order valence-corrected chi connectivity index (χ4v) is 4.03. The molecule has 2 aliphatic rings. The van der Waals surface area contributed by atoms with Gasteiger partial charge in [-0.15, -0.1) is 0 Å². The van der Waals surface area contributed by atoms with E-state index in [-0.39, 0.29) is 23.0 Å². The highest BCUT2D eigenvalue weighted by Gasteiger charge is 2.67. The van der Waals surface area contributed by atoms with Crippen LogP contribution in [-0.2, 0) is 18.9 Å². The van der Waals surface area contributed by atoms with Crippen LogP contribution in [0.3, 0.4) is 0 Å². The predicted molar refractivity (Wildman–Crippen MR) is 90.8 cm³/mol. The van der Waals surface area contributed by atoms with E-state index in [1.54, 1.807) is 19.2 Å². The average Bonchev–Trinajstić information content (AvgIpc) is 2.82. The fraction of sp³-hybridized carbons (Fsp3) is 0.214. The molecule has 0 atom stereocenters. The Labute approximate surface area is 144 Å². The summed E-state index contributed by atoms with van der Waals surface area (Å²) in [5.41, 5.74) is 0.0336. The minimum atomic E-state index is -2.42. The summed E-state index contributed by atoms with van der Waals surface area (Å²) in [4.78, 5) is 38.8. The minimum Gasteiger partial charge on any atom is -0.595 e. The number of pyridine rings is 1. The molecule has 2 aromatic rings. The van der Waals surface area contributed by atoms with Gasteiger partial charge in [-0.05, 0) is 46.2 Å². The van der Waals surface area contributed by atoms with E-state index in [2.05, 4.69) is 27.6 Å². The quantitative estimate of drug-likeness (QED) is 0.507. The second-order valence-electron chi connectivity index (χ2n) is 6.23. The number of hydrogen-bond donors (Lipinski definition) is 1. The van der Waals surface area contributed by atoms with Gasteiger partial charge in [0.1, 0.15) is 13.1 Å². The molecule has 23 heavy (non-hydrogen) atoms. The van der Waals surface area contributed by atoms with Crippen molar-refractivity contribution in [2.45, 2.75) is 0 Å². The summed E-state index contributed by atoms with van der Waals surface area (Å²) in [5, 5.41) is 1.24. The molecule has 118 valence electrons. The number of carbonyl (C=O) groups excluding carboxylic acids is 2. The van der Waals surface area contributed by atoms with Crippen molar-refractivity contribution in [2.24, 2.45) is 0 Å². The lowest BCUT2D eigenvalue weighted by molar-refractivity contribution is -0.791. The third-order valence-electron chi connectivity index (χ3n) is 4.60. The maximum Gasteiger partial charge on any atom is 0.630 e. The summed E-state index contributed by atoms with van der Waals surface area (Å²) < 4.78 is 11.9. The number of nitrogens with zero attached hydrogens (tertiary/aromatic N) is 1. The Morgan fingerprint density at radius 3 is 2.43 bits per heavy atom. The number of aromatic nitrogens is 1. The molecule has 1 aromatic carbocycles. The highest BCUT2D eigenvalue weighted by molar-refractivity contribution is 14.1. The number of rotatable bonds is 1. The standard InChI is InChI=1S/C14H12BIN2O5/c1-18-6-12(19)22-15(18,23-13(20)7-18)11-5-8-4-9(16)2-3-10(8)14(21)17-11/h2-5H,6-7H2,1H3,(H,17,21). The molecular formula is C14H12BIN2O5. The van der Waals surface area contributed by atoms with E-state index in [1.807, 2.05) is 12.1 Å². The number of nitrogens with one attached hydrogen (secondary N) is 1. The lowest BCUT2D eigenvalue weighted by atomic mass is 9.64. The fourth-order valence-electron chi connectivity index (χ4n) is 3.52. The van der Waals surface area contributed by atoms with E-state index in [4.69, 9.17) is 9.31 Å². The average molecular weight is 426 g/mol. The third-order valence-corrected chi connectivity index (χ3v) is 5.27. The number of fused-ring (bicyclic) bond motifs is 2. The molecule has 0 amide bonds. The topological polar surface area (TPSA) is 85.5 Å². The molecular weight excluding hydrogens is 414 g/mol. The SMILES string of the molecule is C[N+]12CC(=O)O[B-]1(c1cc3cc(I)ccc3c(=O)[nH]1)OC(=O)C2. The Bertz CT molecular complexity index is 920. The van der Waals surface area contributed by atoms with E-state index in [9.17, 15) is 14.4 Å². The number of likely N-dealkylation sites (N-methyl/N-ethyl adjacent to an activating group) is 1. The van der Waals surface area contributed by atoms with Crippen LogP contribution in [0.15, 0.2) is 29.1 Å². The largest absolute Gasteiger partial charge is 0.630 e. The van der Waals surface area contributed by atoms with Crippen LogP contribution in [0.2, 0.25) is 0 Å². The first-order valence-electron chi connectivity index (χ1n) is 7.08. The molecule has 2 saturated heterocycles. The van der Waals surface area contributed by atoms with E-state index in [0.29, 0.717) is 16.4 Å². The van der Waals surface area contributed by atoms with Crippen LogP contribution in [0, 0.1) is 3.57 Å². The number of halogens is 1. The van der Waals surface area contributed by atoms with Crippen LogP contribution >= 0.6 is 22.6 Å². The van der Waals surface area contributed by atoms with Crippen LogP contribution < -0.4 is 11.2 Å². The van der Waals surface area contributed by atoms with E-state index in [1.165, 1.54) is 0 Å². The smallest absolute Gasteiger partial charge is 0.595 e. The maximum atomic E-state index is 12.4. The van der Waals surface area contributed by atoms with Gasteiger partial charge in [-0.3, -0.25) is 14.4 Å². The molecule has 1 aromatic heterocycles. The van der Waals surface area contributed by atoms with Crippen LogP contribution in [0.25, 0.3) is 10.8 Å². The van der Waals surface area contributed by atoms with E-state index in [0.717, 1.165) is 3.57 Å². The zero-order valence-corrected chi connectivity index (χ0v) is 14.3. The van der Waals surface area contributed by atoms with Gasteiger partial charge in [0, 0.05) is 21.6 Å². The number of carbonyl (C=O) groups is 2. The van der Waals surface area contributed by atoms with Gasteiger partial charge < -0.3 is 18.7 Å². The lowest BCUT2D eigenvalue weighted by Crippen LogP contribution is -2.68. The third kappa shape index (κ3) is 1.96. The number of quaternary nitrogens is 1. The second kappa shape index (κ2) is 4.57. The second-order valence-corrected chi connectivity index (χ2v) is 7.48. The zero-order chi connectivity index (χ0) is 16.4. The molecule has 7 nitrogen and oxygen atoms in total. The highest BCUT2D eigenvalue weighted by atomic mass is 127.